The van der Waals surface area contributed by atoms with E-state index >= 15 is 0 Å². The second-order valence-corrected chi connectivity index (χ2v) is 6.99. The number of rotatable bonds is 4. The number of carbonyl (C=O) groups excluding carboxylic acids is 2. The Bertz CT molecular complexity index is 1190. The van der Waals surface area contributed by atoms with Crippen LogP contribution in [0.25, 0.3) is 17.0 Å². The quantitative estimate of drug-likeness (QED) is 0.674. The summed E-state index contributed by atoms with van der Waals surface area (Å²) >= 11 is 0. The summed E-state index contributed by atoms with van der Waals surface area (Å²) in [5.41, 5.74) is 3.91. The van der Waals surface area contributed by atoms with Gasteiger partial charge in [-0.05, 0) is 35.8 Å². The molecule has 0 atom stereocenters. The van der Waals surface area contributed by atoms with Crippen LogP contribution in [0.2, 0.25) is 0 Å². The molecule has 1 aromatic carbocycles. The first kappa shape index (κ1) is 18.4. The van der Waals surface area contributed by atoms with Crippen molar-refractivity contribution in [2.45, 2.75) is 19.4 Å². The van der Waals surface area contributed by atoms with E-state index in [-0.39, 0.29) is 11.8 Å². The second kappa shape index (κ2) is 7.60. The van der Waals surface area contributed by atoms with Crippen LogP contribution in [0, 0.1) is 11.3 Å². The molecule has 0 bridgehead atoms. The Balaban J connectivity index is 1.48. The summed E-state index contributed by atoms with van der Waals surface area (Å²) in [5, 5.41) is 13.1. The summed E-state index contributed by atoms with van der Waals surface area (Å²) in [6, 6.07) is 11.7. The van der Waals surface area contributed by atoms with Crippen molar-refractivity contribution in [1.29, 1.82) is 5.26 Å². The molecular formula is C22H19N5O2. The van der Waals surface area contributed by atoms with Crippen LogP contribution in [0.3, 0.4) is 0 Å². The molecule has 0 saturated heterocycles. The third-order valence-corrected chi connectivity index (χ3v) is 4.95. The van der Waals surface area contributed by atoms with E-state index in [1.807, 2.05) is 30.3 Å². The predicted octanol–water partition coefficient (Wildman–Crippen LogP) is 2.99. The average molecular weight is 385 g/mol. The molecule has 2 amide bonds. The third-order valence-electron chi connectivity index (χ3n) is 4.95. The first-order chi connectivity index (χ1) is 14.0. The zero-order valence-corrected chi connectivity index (χ0v) is 15.9. The lowest BCUT2D eigenvalue weighted by molar-refractivity contribution is -0.125. The molecule has 2 N–H and O–H groups in total. The average Bonchev–Trinajstić information content (AvgIpc) is 3.08. The van der Waals surface area contributed by atoms with E-state index < -0.39 is 0 Å². The van der Waals surface area contributed by atoms with Gasteiger partial charge < -0.3 is 15.2 Å². The highest BCUT2D eigenvalue weighted by molar-refractivity contribution is 5.94. The Kier molecular flexibility index (Phi) is 4.83. The predicted molar refractivity (Wildman–Crippen MR) is 110 cm³/mol. The van der Waals surface area contributed by atoms with Gasteiger partial charge in [0.15, 0.2) is 0 Å². The Morgan fingerprint density at radius 2 is 2.17 bits per heavy atom. The van der Waals surface area contributed by atoms with Crippen LogP contribution in [-0.4, -0.2) is 33.7 Å². The van der Waals surface area contributed by atoms with Gasteiger partial charge in [-0.25, -0.2) is 4.98 Å². The molecule has 3 heterocycles. The highest BCUT2D eigenvalue weighted by Gasteiger charge is 2.16. The number of pyridine rings is 1. The molecular weight excluding hydrogens is 366 g/mol. The number of hydrogen-bond donors (Lipinski definition) is 2. The number of para-hydroxylation sites is 1. The highest BCUT2D eigenvalue weighted by atomic mass is 16.2. The third kappa shape index (κ3) is 3.73. The van der Waals surface area contributed by atoms with Crippen molar-refractivity contribution >= 4 is 34.6 Å². The fourth-order valence-electron chi connectivity index (χ4n) is 3.42. The molecule has 3 aromatic rings. The second-order valence-electron chi connectivity index (χ2n) is 6.99. The van der Waals surface area contributed by atoms with E-state index in [4.69, 9.17) is 0 Å². The van der Waals surface area contributed by atoms with Gasteiger partial charge in [-0.2, -0.15) is 5.26 Å². The standard InChI is InChI=1S/C22H19N5O2/c1-27(13-19-17(11-23)16-4-2-3-5-18(16)25-19)21(29)9-6-14-10-15-7-8-20(28)26-22(15)24-12-14/h2-6,9-10,12,25H,7-8,13H2,1H3,(H,24,26,28). The molecule has 1 aliphatic rings. The maximum absolute atomic E-state index is 12.5. The number of nitrogens with one attached hydrogen (secondary N) is 2. The largest absolute Gasteiger partial charge is 0.356 e. The smallest absolute Gasteiger partial charge is 0.246 e. The summed E-state index contributed by atoms with van der Waals surface area (Å²) < 4.78 is 0. The molecule has 0 saturated carbocycles. The van der Waals surface area contributed by atoms with E-state index in [2.05, 4.69) is 21.4 Å². The number of benzene rings is 1. The number of hydrogen-bond acceptors (Lipinski definition) is 4. The molecule has 0 unspecified atom stereocenters. The van der Waals surface area contributed by atoms with Crippen LogP contribution in [0.1, 0.15) is 28.8 Å². The maximum atomic E-state index is 12.5. The lowest BCUT2D eigenvalue weighted by Gasteiger charge is -2.16. The zero-order chi connectivity index (χ0) is 20.4. The van der Waals surface area contributed by atoms with Gasteiger partial charge in [0.2, 0.25) is 11.8 Å². The van der Waals surface area contributed by atoms with Crippen molar-refractivity contribution in [2.75, 3.05) is 12.4 Å². The van der Waals surface area contributed by atoms with Crippen LogP contribution in [0.4, 0.5) is 5.82 Å². The minimum Gasteiger partial charge on any atom is -0.356 e. The number of H-pyrrole nitrogens is 1. The number of nitrogens with zero attached hydrogens (tertiary/aromatic N) is 3. The van der Waals surface area contributed by atoms with Gasteiger partial charge in [0, 0.05) is 36.6 Å². The van der Waals surface area contributed by atoms with Crippen LogP contribution in [0.5, 0.6) is 0 Å². The number of aryl methyl sites for hydroxylation is 1. The summed E-state index contributed by atoms with van der Waals surface area (Å²) in [7, 11) is 1.69. The van der Waals surface area contributed by atoms with Crippen molar-refractivity contribution < 1.29 is 9.59 Å². The Hall–Kier alpha value is -3.92. The molecule has 144 valence electrons. The Morgan fingerprint density at radius 3 is 3.00 bits per heavy atom. The number of aromatic amines is 1. The molecule has 29 heavy (non-hydrogen) atoms. The zero-order valence-electron chi connectivity index (χ0n) is 15.9. The van der Waals surface area contributed by atoms with Crippen molar-refractivity contribution in [3.63, 3.8) is 0 Å². The van der Waals surface area contributed by atoms with E-state index in [0.717, 1.165) is 22.0 Å². The van der Waals surface area contributed by atoms with Crippen LogP contribution < -0.4 is 5.32 Å². The molecule has 0 spiro atoms. The lowest BCUT2D eigenvalue weighted by Crippen LogP contribution is -2.24. The highest BCUT2D eigenvalue weighted by Crippen LogP contribution is 2.23. The lowest BCUT2D eigenvalue weighted by atomic mass is 10.0. The fraction of sp³-hybridized carbons (Fsp3) is 0.182. The summed E-state index contributed by atoms with van der Waals surface area (Å²) in [4.78, 5) is 33.0. The van der Waals surface area contributed by atoms with E-state index in [0.29, 0.717) is 36.5 Å². The van der Waals surface area contributed by atoms with E-state index in [1.54, 1.807) is 24.2 Å². The van der Waals surface area contributed by atoms with Crippen LogP contribution >= 0.6 is 0 Å². The van der Waals surface area contributed by atoms with Crippen LogP contribution in [-0.2, 0) is 22.6 Å². The minimum absolute atomic E-state index is 0.0289. The molecule has 0 radical (unpaired) electrons. The molecule has 0 aliphatic carbocycles. The van der Waals surface area contributed by atoms with Gasteiger partial charge in [-0.15, -0.1) is 0 Å². The molecule has 1 aliphatic heterocycles. The van der Waals surface area contributed by atoms with Gasteiger partial charge in [-0.1, -0.05) is 18.2 Å². The molecule has 7 heteroatoms. The van der Waals surface area contributed by atoms with Crippen molar-refractivity contribution in [2.24, 2.45) is 0 Å². The van der Waals surface area contributed by atoms with Gasteiger partial charge in [0.1, 0.15) is 11.9 Å². The summed E-state index contributed by atoms with van der Waals surface area (Å²) in [6.45, 7) is 0.301. The van der Waals surface area contributed by atoms with Gasteiger partial charge in [0.25, 0.3) is 0 Å². The van der Waals surface area contributed by atoms with Gasteiger partial charge in [-0.3, -0.25) is 9.59 Å². The normalized spacial score (nSPS) is 13.2. The SMILES string of the molecule is CN(Cc1[nH]c2ccccc2c1C#N)C(=O)C=Cc1cnc2c(c1)CCC(=O)N2. The molecule has 7 nitrogen and oxygen atoms in total. The van der Waals surface area contributed by atoms with Crippen LogP contribution in [0.15, 0.2) is 42.6 Å². The first-order valence-electron chi connectivity index (χ1n) is 9.27. The minimum atomic E-state index is -0.182. The number of likely N-dealkylation sites (N-methyl/N-ethyl adjacent to an activating group) is 1. The first-order valence-corrected chi connectivity index (χ1v) is 9.27. The van der Waals surface area contributed by atoms with Crippen molar-refractivity contribution in [3.05, 3.63) is 65.0 Å². The number of anilines is 1. The molecule has 2 aromatic heterocycles. The molecule has 0 fully saturated rings. The number of nitriles is 1. The number of carbonyl (C=O) groups is 2. The Labute approximate surface area is 167 Å². The van der Waals surface area contributed by atoms with Crippen molar-refractivity contribution in [1.82, 2.24) is 14.9 Å². The number of amides is 2. The maximum Gasteiger partial charge on any atom is 0.246 e. The molecule has 4 rings (SSSR count). The van der Waals surface area contributed by atoms with E-state index in [9.17, 15) is 14.9 Å². The topological polar surface area (TPSA) is 102 Å². The van der Waals surface area contributed by atoms with Crippen molar-refractivity contribution in [3.8, 4) is 6.07 Å². The van der Waals surface area contributed by atoms with E-state index in [1.165, 1.54) is 6.08 Å². The number of aromatic nitrogens is 2. The monoisotopic (exact) mass is 385 g/mol. The Morgan fingerprint density at radius 1 is 1.34 bits per heavy atom. The van der Waals surface area contributed by atoms with Gasteiger partial charge >= 0.3 is 0 Å². The summed E-state index contributed by atoms with van der Waals surface area (Å²) in [5.74, 6) is 0.377. The number of fused-ring (bicyclic) bond motifs is 2. The summed E-state index contributed by atoms with van der Waals surface area (Å²) in [6.07, 6.45) is 5.90. The fourth-order valence-corrected chi connectivity index (χ4v) is 3.42. The van der Waals surface area contributed by atoms with Gasteiger partial charge in [0.05, 0.1) is 17.8 Å².